The van der Waals surface area contributed by atoms with E-state index in [1.54, 1.807) is 12.1 Å². The molecule has 106 valence electrons. The molecule has 0 unspecified atom stereocenters. The average Bonchev–Trinajstić information content (AvgIpc) is 2.44. The number of phenolic OH excluding ortho intramolecular Hbond substituents is 2. The van der Waals surface area contributed by atoms with Crippen molar-refractivity contribution in [1.29, 1.82) is 0 Å². The number of anilines is 2. The fourth-order valence-corrected chi connectivity index (χ4v) is 4.40. The second kappa shape index (κ2) is 5.10. The molecule has 20 heavy (non-hydrogen) atoms. The van der Waals surface area contributed by atoms with Gasteiger partial charge in [0.05, 0.1) is 11.4 Å². The van der Waals surface area contributed by atoms with Gasteiger partial charge in [-0.15, -0.1) is 0 Å². The normalized spacial score (nSPS) is 11.4. The van der Waals surface area contributed by atoms with Crippen LogP contribution in [0, 0.1) is 0 Å². The van der Waals surface area contributed by atoms with Gasteiger partial charge in [-0.2, -0.15) is 0 Å². The summed E-state index contributed by atoms with van der Waals surface area (Å²) < 4.78 is 13.2. The van der Waals surface area contributed by atoms with E-state index < -0.39 is 7.14 Å². The summed E-state index contributed by atoms with van der Waals surface area (Å²) in [5.74, 6) is -0.0803. The third-order valence-corrected chi connectivity index (χ3v) is 6.42. The van der Waals surface area contributed by atoms with E-state index in [9.17, 15) is 14.8 Å². The van der Waals surface area contributed by atoms with Crippen molar-refractivity contribution in [1.82, 2.24) is 0 Å². The molecule has 0 heterocycles. The molecular formula is C14H17N2O3P. The first kappa shape index (κ1) is 14.3. The van der Waals surface area contributed by atoms with E-state index in [0.717, 1.165) is 0 Å². The zero-order valence-electron chi connectivity index (χ0n) is 11.1. The highest BCUT2D eigenvalue weighted by atomic mass is 31.2. The van der Waals surface area contributed by atoms with Crippen molar-refractivity contribution in [3.63, 3.8) is 0 Å². The van der Waals surface area contributed by atoms with Crippen molar-refractivity contribution < 1.29 is 14.8 Å². The van der Waals surface area contributed by atoms with Gasteiger partial charge in [-0.25, -0.2) is 0 Å². The number of hydrogen-bond acceptors (Lipinski definition) is 5. The fourth-order valence-electron chi connectivity index (χ4n) is 2.05. The van der Waals surface area contributed by atoms with Gasteiger partial charge in [0, 0.05) is 16.8 Å². The number of hydrogen-bond donors (Lipinski definition) is 4. The third kappa shape index (κ3) is 2.32. The van der Waals surface area contributed by atoms with Gasteiger partial charge in [0.2, 0.25) is 0 Å². The summed E-state index contributed by atoms with van der Waals surface area (Å²) in [5, 5.41) is 20.0. The van der Waals surface area contributed by atoms with Crippen molar-refractivity contribution in [3.8, 4) is 11.5 Å². The van der Waals surface area contributed by atoms with E-state index in [0.29, 0.717) is 16.8 Å². The van der Waals surface area contributed by atoms with E-state index in [2.05, 4.69) is 0 Å². The molecule has 0 aliphatic carbocycles. The Bertz CT molecular complexity index is 645. The minimum absolute atomic E-state index is 0.0402. The number of rotatable bonds is 3. The molecule has 2 rings (SSSR count). The number of phenols is 2. The molecule has 0 aliphatic rings. The van der Waals surface area contributed by atoms with Gasteiger partial charge in [-0.05, 0) is 36.4 Å². The topological polar surface area (TPSA) is 110 Å². The molecule has 0 fully saturated rings. The summed E-state index contributed by atoms with van der Waals surface area (Å²) in [6.07, 6.45) is 0.390. The predicted octanol–water partition coefficient (Wildman–Crippen LogP) is 1.60. The second-order valence-electron chi connectivity index (χ2n) is 4.54. The Morgan fingerprint density at radius 3 is 1.65 bits per heavy atom. The molecule has 0 bridgehead atoms. The molecule has 6 N–H and O–H groups in total. The van der Waals surface area contributed by atoms with Crippen LogP contribution >= 0.6 is 7.14 Å². The quantitative estimate of drug-likeness (QED) is 0.390. The highest BCUT2D eigenvalue weighted by molar-refractivity contribution is 7.78. The molecule has 0 atom stereocenters. The van der Waals surface area contributed by atoms with Crippen molar-refractivity contribution in [2.24, 2.45) is 0 Å². The number of nitrogen functional groups attached to an aromatic ring is 2. The fraction of sp³-hybridized carbons (Fsp3) is 0.143. The van der Waals surface area contributed by atoms with Gasteiger partial charge in [-0.3, -0.25) is 0 Å². The molecule has 0 amide bonds. The highest BCUT2D eigenvalue weighted by Gasteiger charge is 2.26. The van der Waals surface area contributed by atoms with E-state index in [-0.39, 0.29) is 22.9 Å². The zero-order chi connectivity index (χ0) is 14.9. The Kier molecular flexibility index (Phi) is 3.64. The molecule has 0 saturated carbocycles. The summed E-state index contributed by atoms with van der Waals surface area (Å²) in [6.45, 7) is 1.81. The summed E-state index contributed by atoms with van der Waals surface area (Å²) in [4.78, 5) is 0. The molecule has 0 spiro atoms. The Balaban J connectivity index is 2.60. The zero-order valence-corrected chi connectivity index (χ0v) is 12.0. The first-order valence-corrected chi connectivity index (χ1v) is 8.05. The SMILES string of the molecule is CCP(=O)(c1ccc(O)c(N)c1)c1ccc(O)c(N)c1. The minimum Gasteiger partial charge on any atom is -0.506 e. The first-order chi connectivity index (χ1) is 9.38. The Morgan fingerprint density at radius 1 is 0.950 bits per heavy atom. The maximum atomic E-state index is 13.2. The van der Waals surface area contributed by atoms with Crippen LogP contribution in [0.3, 0.4) is 0 Å². The molecule has 0 radical (unpaired) electrons. The molecule has 5 nitrogen and oxygen atoms in total. The monoisotopic (exact) mass is 292 g/mol. The maximum absolute atomic E-state index is 13.2. The second-order valence-corrected chi connectivity index (χ2v) is 7.69. The van der Waals surface area contributed by atoms with Gasteiger partial charge in [-0.1, -0.05) is 6.92 Å². The van der Waals surface area contributed by atoms with Gasteiger partial charge in [0.25, 0.3) is 0 Å². The summed E-state index contributed by atoms with van der Waals surface area (Å²) >= 11 is 0. The molecule has 0 aromatic heterocycles. The van der Waals surface area contributed by atoms with Crippen molar-refractivity contribution in [2.75, 3.05) is 17.6 Å². The Hall–Kier alpha value is -2.13. The third-order valence-electron chi connectivity index (χ3n) is 3.30. The van der Waals surface area contributed by atoms with E-state index in [1.165, 1.54) is 24.3 Å². The molecule has 0 aliphatic heterocycles. The summed E-state index contributed by atoms with van der Waals surface area (Å²) in [5.41, 5.74) is 11.7. The Labute approximate surface area is 117 Å². The van der Waals surface area contributed by atoms with E-state index in [1.807, 2.05) is 6.92 Å². The van der Waals surface area contributed by atoms with Crippen LogP contribution in [0.25, 0.3) is 0 Å². The molecule has 0 saturated heterocycles. The van der Waals surface area contributed by atoms with E-state index >= 15 is 0 Å². The van der Waals surface area contributed by atoms with Crippen molar-refractivity contribution in [3.05, 3.63) is 36.4 Å². The molecule has 6 heteroatoms. The van der Waals surface area contributed by atoms with Crippen LogP contribution in [0.1, 0.15) is 6.92 Å². The van der Waals surface area contributed by atoms with Crippen LogP contribution in [-0.2, 0) is 4.57 Å². The van der Waals surface area contributed by atoms with Crippen LogP contribution in [0.2, 0.25) is 0 Å². The van der Waals surface area contributed by atoms with Gasteiger partial charge < -0.3 is 26.2 Å². The summed E-state index contributed by atoms with van der Waals surface area (Å²) in [7, 11) is -2.88. The highest BCUT2D eigenvalue weighted by Crippen LogP contribution is 2.44. The van der Waals surface area contributed by atoms with Crippen LogP contribution < -0.4 is 22.1 Å². The van der Waals surface area contributed by atoms with Gasteiger partial charge in [0.1, 0.15) is 18.6 Å². The summed E-state index contributed by atoms with van der Waals surface area (Å²) in [6, 6.07) is 9.08. The Morgan fingerprint density at radius 2 is 1.35 bits per heavy atom. The molecule has 2 aromatic rings. The number of nitrogens with two attached hydrogens (primary N) is 2. The van der Waals surface area contributed by atoms with Crippen LogP contribution in [-0.4, -0.2) is 16.4 Å². The van der Waals surface area contributed by atoms with E-state index in [4.69, 9.17) is 11.5 Å². The number of aromatic hydroxyl groups is 2. The minimum atomic E-state index is -2.88. The van der Waals surface area contributed by atoms with Crippen molar-refractivity contribution in [2.45, 2.75) is 6.92 Å². The van der Waals surface area contributed by atoms with Crippen LogP contribution in [0.15, 0.2) is 36.4 Å². The lowest BCUT2D eigenvalue weighted by molar-refractivity contribution is 0.477. The lowest BCUT2D eigenvalue weighted by Gasteiger charge is -2.18. The largest absolute Gasteiger partial charge is 0.506 e. The van der Waals surface area contributed by atoms with Gasteiger partial charge >= 0.3 is 0 Å². The smallest absolute Gasteiger partial charge is 0.143 e. The standard InChI is InChI=1S/C14H17N2O3P/c1-2-20(19,9-3-5-13(17)11(15)7-9)10-4-6-14(18)12(16)8-10/h3-8,17-18H,2,15-16H2,1H3. The average molecular weight is 292 g/mol. The first-order valence-electron chi connectivity index (χ1n) is 6.15. The lowest BCUT2D eigenvalue weighted by Crippen LogP contribution is -2.18. The van der Waals surface area contributed by atoms with Gasteiger partial charge in [0.15, 0.2) is 0 Å². The number of benzene rings is 2. The molecule has 2 aromatic carbocycles. The maximum Gasteiger partial charge on any atom is 0.143 e. The molecular weight excluding hydrogens is 275 g/mol. The van der Waals surface area contributed by atoms with Crippen LogP contribution in [0.5, 0.6) is 11.5 Å². The van der Waals surface area contributed by atoms with Crippen LogP contribution in [0.4, 0.5) is 11.4 Å². The predicted molar refractivity (Wildman–Crippen MR) is 82.5 cm³/mol. The lowest BCUT2D eigenvalue weighted by atomic mass is 10.3. The van der Waals surface area contributed by atoms with Crippen molar-refractivity contribution >= 4 is 29.1 Å².